The summed E-state index contributed by atoms with van der Waals surface area (Å²) in [7, 11) is 0. The predicted octanol–water partition coefficient (Wildman–Crippen LogP) is -0.268. The second-order valence-corrected chi connectivity index (χ2v) is 11.0. The Morgan fingerprint density at radius 2 is 1.61 bits per heavy atom. The van der Waals surface area contributed by atoms with Crippen molar-refractivity contribution in [1.29, 1.82) is 0 Å². The smallest absolute Gasteiger partial charge is 0.240 e. The minimum absolute atomic E-state index is 0.0114. The summed E-state index contributed by atoms with van der Waals surface area (Å²) in [6.07, 6.45) is 8.67. The van der Waals surface area contributed by atoms with Crippen LogP contribution in [0.5, 0.6) is 0 Å². The van der Waals surface area contributed by atoms with Crippen LogP contribution in [0, 0.1) is 5.92 Å². The Hall–Kier alpha value is -3.22. The van der Waals surface area contributed by atoms with Crippen LogP contribution >= 0.6 is 0 Å². The number of hydrogen-bond acceptors (Lipinski definition) is 7. The summed E-state index contributed by atoms with van der Waals surface area (Å²) in [5, 5.41) is 9.21. The molecule has 0 radical (unpaired) electrons. The monoisotopic (exact) mass is 573 g/mol. The highest BCUT2D eigenvalue weighted by Crippen LogP contribution is 2.28. The molecule has 0 saturated heterocycles. The summed E-state index contributed by atoms with van der Waals surface area (Å²) in [5.74, 6) is -0.638. The quantitative estimate of drug-likeness (QED) is 0.0586. The zero-order chi connectivity index (χ0) is 30.0. The Morgan fingerprint density at radius 1 is 0.902 bits per heavy atom. The number of guanidine groups is 1. The normalized spacial score (nSPS) is 16.3. The Balaban J connectivity index is 2.10. The summed E-state index contributed by atoms with van der Waals surface area (Å²) in [6.45, 7) is 1.22. The van der Waals surface area contributed by atoms with Crippen LogP contribution in [0.1, 0.15) is 69.8 Å². The largest absolute Gasteiger partial charge is 0.370 e. The number of nitrogens with zero attached hydrogens (tertiary/aromatic N) is 1. The van der Waals surface area contributed by atoms with Crippen molar-refractivity contribution in [3.05, 3.63) is 35.9 Å². The molecule has 4 unspecified atom stereocenters. The molecular weight excluding hydrogens is 522 g/mol. The van der Waals surface area contributed by atoms with Gasteiger partial charge >= 0.3 is 0 Å². The van der Waals surface area contributed by atoms with Crippen molar-refractivity contribution in [1.82, 2.24) is 16.0 Å². The standard InChI is InChI=1S/C29H51N9O3/c30-15-7-6-14-24(26(32)39)38-28(41)25(18-21-9-2-1-3-10-21)36-19-22(13-8-16-35-29(33)34)37-27(40)23(31)17-20-11-4-5-12-20/h1-3,9-10,20,22-25,36H,4-8,11-19,30-31H2,(H2,32,39)(H,37,40)(H,38,41)(H4,33,34,35). The molecule has 0 aromatic heterocycles. The average Bonchev–Trinajstić information content (AvgIpc) is 3.45. The van der Waals surface area contributed by atoms with Gasteiger partial charge in [0.1, 0.15) is 6.04 Å². The number of hydrogen-bond donors (Lipinski definition) is 8. The summed E-state index contributed by atoms with van der Waals surface area (Å²) in [5.41, 5.74) is 29.3. The number of nitrogens with two attached hydrogens (primary N) is 5. The van der Waals surface area contributed by atoms with Crippen molar-refractivity contribution < 1.29 is 14.4 Å². The van der Waals surface area contributed by atoms with Gasteiger partial charge in [-0.3, -0.25) is 19.4 Å². The van der Waals surface area contributed by atoms with Gasteiger partial charge in [-0.05, 0) is 63.0 Å². The second-order valence-electron chi connectivity index (χ2n) is 11.0. The lowest BCUT2D eigenvalue weighted by molar-refractivity contribution is -0.128. The summed E-state index contributed by atoms with van der Waals surface area (Å²) >= 11 is 0. The van der Waals surface area contributed by atoms with Crippen molar-refractivity contribution in [2.24, 2.45) is 39.6 Å². The number of carbonyl (C=O) groups is 3. The Bertz CT molecular complexity index is 950. The molecule has 12 heteroatoms. The first-order chi connectivity index (χ1) is 19.7. The Kier molecular flexibility index (Phi) is 15.7. The van der Waals surface area contributed by atoms with E-state index >= 15 is 0 Å². The third kappa shape index (κ3) is 13.8. The maximum Gasteiger partial charge on any atom is 0.240 e. The van der Waals surface area contributed by atoms with E-state index in [1.165, 1.54) is 12.8 Å². The van der Waals surface area contributed by atoms with Crippen LogP contribution in [0.2, 0.25) is 0 Å². The molecule has 1 aromatic rings. The van der Waals surface area contributed by atoms with Gasteiger partial charge in [-0.25, -0.2) is 0 Å². The van der Waals surface area contributed by atoms with Gasteiger partial charge in [0.2, 0.25) is 17.7 Å². The van der Waals surface area contributed by atoms with Gasteiger partial charge in [-0.15, -0.1) is 0 Å². The van der Waals surface area contributed by atoms with Gasteiger partial charge < -0.3 is 44.6 Å². The molecule has 3 amide bonds. The minimum atomic E-state index is -0.794. The number of rotatable bonds is 20. The number of unbranched alkanes of at least 4 members (excludes halogenated alkanes) is 1. The molecule has 41 heavy (non-hydrogen) atoms. The van der Waals surface area contributed by atoms with Crippen LogP contribution in [0.4, 0.5) is 0 Å². The number of nitrogens with one attached hydrogen (secondary N) is 3. The fraction of sp³-hybridized carbons (Fsp3) is 0.655. The molecule has 1 aliphatic rings. The van der Waals surface area contributed by atoms with Crippen molar-refractivity contribution in [2.75, 3.05) is 19.6 Å². The summed E-state index contributed by atoms with van der Waals surface area (Å²) < 4.78 is 0. The summed E-state index contributed by atoms with van der Waals surface area (Å²) in [4.78, 5) is 42.5. The van der Waals surface area contributed by atoms with Crippen LogP contribution < -0.4 is 44.6 Å². The Labute approximate surface area is 244 Å². The third-order valence-electron chi connectivity index (χ3n) is 7.57. The zero-order valence-electron chi connectivity index (χ0n) is 24.2. The van der Waals surface area contributed by atoms with E-state index in [1.54, 1.807) is 0 Å². The van der Waals surface area contributed by atoms with E-state index in [0.29, 0.717) is 64.1 Å². The maximum atomic E-state index is 13.4. The SMILES string of the molecule is NCCCCC(NC(=O)C(Cc1ccccc1)NCC(CCCN=C(N)N)NC(=O)C(N)CC1CCCC1)C(N)=O. The molecule has 230 valence electrons. The number of aliphatic imine (C=N–C) groups is 1. The van der Waals surface area contributed by atoms with E-state index in [0.717, 1.165) is 24.8 Å². The summed E-state index contributed by atoms with van der Waals surface area (Å²) in [6, 6.07) is 7.22. The lowest BCUT2D eigenvalue weighted by Gasteiger charge is -2.26. The molecular formula is C29H51N9O3. The fourth-order valence-electron chi connectivity index (χ4n) is 5.23. The molecule has 1 aromatic carbocycles. The van der Waals surface area contributed by atoms with Gasteiger partial charge in [0.25, 0.3) is 0 Å². The van der Waals surface area contributed by atoms with E-state index in [1.807, 2.05) is 30.3 Å². The fourth-order valence-corrected chi connectivity index (χ4v) is 5.23. The number of amides is 3. The molecule has 1 fully saturated rings. The minimum Gasteiger partial charge on any atom is -0.370 e. The van der Waals surface area contributed by atoms with Gasteiger partial charge in [-0.1, -0.05) is 56.0 Å². The number of primary amides is 1. The maximum absolute atomic E-state index is 13.4. The molecule has 13 N–H and O–H groups in total. The molecule has 4 atom stereocenters. The van der Waals surface area contributed by atoms with Crippen LogP contribution in [0.15, 0.2) is 35.3 Å². The predicted molar refractivity (Wildman–Crippen MR) is 162 cm³/mol. The topological polar surface area (TPSA) is 230 Å². The van der Waals surface area contributed by atoms with E-state index in [9.17, 15) is 14.4 Å². The van der Waals surface area contributed by atoms with Crippen molar-refractivity contribution in [3.63, 3.8) is 0 Å². The first kappa shape index (κ1) is 34.0. The molecule has 2 rings (SSSR count). The van der Waals surface area contributed by atoms with E-state index in [2.05, 4.69) is 20.9 Å². The van der Waals surface area contributed by atoms with Crippen molar-refractivity contribution in [3.8, 4) is 0 Å². The average molecular weight is 574 g/mol. The molecule has 1 saturated carbocycles. The highest BCUT2D eigenvalue weighted by atomic mass is 16.2. The van der Waals surface area contributed by atoms with E-state index in [-0.39, 0.29) is 23.8 Å². The number of benzene rings is 1. The van der Waals surface area contributed by atoms with Crippen molar-refractivity contribution in [2.45, 2.75) is 94.8 Å². The lowest BCUT2D eigenvalue weighted by atomic mass is 9.98. The molecule has 0 heterocycles. The number of carbonyl (C=O) groups excluding carboxylic acids is 3. The Morgan fingerprint density at radius 3 is 2.24 bits per heavy atom. The zero-order valence-corrected chi connectivity index (χ0v) is 24.2. The third-order valence-corrected chi connectivity index (χ3v) is 7.57. The van der Waals surface area contributed by atoms with Crippen LogP contribution in [0.3, 0.4) is 0 Å². The van der Waals surface area contributed by atoms with E-state index in [4.69, 9.17) is 28.7 Å². The van der Waals surface area contributed by atoms with Gasteiger partial charge in [0, 0.05) is 19.1 Å². The molecule has 0 bridgehead atoms. The molecule has 12 nitrogen and oxygen atoms in total. The van der Waals surface area contributed by atoms with Crippen LogP contribution in [-0.4, -0.2) is 67.5 Å². The van der Waals surface area contributed by atoms with Crippen molar-refractivity contribution >= 4 is 23.7 Å². The van der Waals surface area contributed by atoms with Crippen LogP contribution in [-0.2, 0) is 20.8 Å². The van der Waals surface area contributed by atoms with Gasteiger partial charge in [0.15, 0.2) is 5.96 Å². The molecule has 0 spiro atoms. The first-order valence-electron chi connectivity index (χ1n) is 14.9. The lowest BCUT2D eigenvalue weighted by Crippen LogP contribution is -2.55. The first-order valence-corrected chi connectivity index (χ1v) is 14.9. The highest BCUT2D eigenvalue weighted by Gasteiger charge is 2.27. The van der Waals surface area contributed by atoms with Gasteiger partial charge in [-0.2, -0.15) is 0 Å². The van der Waals surface area contributed by atoms with Gasteiger partial charge in [0.05, 0.1) is 12.1 Å². The highest BCUT2D eigenvalue weighted by molar-refractivity contribution is 5.89. The van der Waals surface area contributed by atoms with Crippen LogP contribution in [0.25, 0.3) is 0 Å². The van der Waals surface area contributed by atoms with E-state index < -0.39 is 24.0 Å². The second kappa shape index (κ2) is 19.0. The molecule has 0 aliphatic heterocycles. The molecule has 1 aliphatic carbocycles.